The van der Waals surface area contributed by atoms with Crippen molar-refractivity contribution >= 4 is 11.9 Å². The van der Waals surface area contributed by atoms with E-state index in [0.29, 0.717) is 19.3 Å². The Bertz CT molecular complexity index is 349. The molecule has 0 unspecified atom stereocenters. The van der Waals surface area contributed by atoms with Crippen LogP contribution in [0.5, 0.6) is 0 Å². The summed E-state index contributed by atoms with van der Waals surface area (Å²) in [5, 5.41) is 0. The second-order valence-electron chi connectivity index (χ2n) is 5.89. The largest absolute Gasteiger partial charge is 0.465 e. The number of rotatable bonds is 9. The van der Waals surface area contributed by atoms with E-state index in [9.17, 15) is 9.59 Å². The second-order valence-corrected chi connectivity index (χ2v) is 5.89. The van der Waals surface area contributed by atoms with Gasteiger partial charge in [0.25, 0.3) is 0 Å². The molecule has 5 nitrogen and oxygen atoms in total. The van der Waals surface area contributed by atoms with Crippen molar-refractivity contribution in [1.82, 2.24) is 0 Å². The van der Waals surface area contributed by atoms with Gasteiger partial charge >= 0.3 is 11.9 Å². The van der Waals surface area contributed by atoms with E-state index in [2.05, 4.69) is 6.58 Å². The summed E-state index contributed by atoms with van der Waals surface area (Å²) in [5.74, 6) is -0.929. The van der Waals surface area contributed by atoms with Crippen LogP contribution in [0.4, 0.5) is 0 Å². The Labute approximate surface area is 140 Å². The van der Waals surface area contributed by atoms with Gasteiger partial charge in [-0.25, -0.2) is 4.79 Å². The summed E-state index contributed by atoms with van der Waals surface area (Å²) in [6.07, 6.45) is 8.74. The number of carbonyl (C=O) groups excluding carboxylic acids is 2. The van der Waals surface area contributed by atoms with Gasteiger partial charge in [-0.2, -0.15) is 0 Å². The molecule has 1 aliphatic carbocycles. The van der Waals surface area contributed by atoms with E-state index in [0.717, 1.165) is 25.7 Å². The fraction of sp³-hybridized carbons (Fsp3) is 0.778. The monoisotopic (exact) mass is 327 g/mol. The number of carbonyl (C=O) groups is 2. The molecule has 0 radical (unpaired) electrons. The van der Waals surface area contributed by atoms with E-state index >= 15 is 0 Å². The van der Waals surface area contributed by atoms with Crippen LogP contribution < -0.4 is 5.73 Å². The molecule has 1 aliphatic rings. The smallest absolute Gasteiger partial charge is 0.333 e. The Morgan fingerprint density at radius 3 is 2.00 bits per heavy atom. The van der Waals surface area contributed by atoms with Crippen LogP contribution in [0.2, 0.25) is 0 Å². The minimum absolute atomic E-state index is 0.0886. The van der Waals surface area contributed by atoms with Crippen LogP contribution in [0.3, 0.4) is 0 Å². The molecule has 23 heavy (non-hydrogen) atoms. The summed E-state index contributed by atoms with van der Waals surface area (Å²) in [6.45, 7) is 8.32. The molecule has 134 valence electrons. The number of hydrogen-bond acceptors (Lipinski definition) is 5. The highest BCUT2D eigenvalue weighted by atomic mass is 16.5. The molecule has 2 N–H and O–H groups in total. The van der Waals surface area contributed by atoms with Crippen molar-refractivity contribution in [3.05, 3.63) is 12.2 Å². The van der Waals surface area contributed by atoms with Gasteiger partial charge in [-0.15, -0.1) is 0 Å². The average Bonchev–Trinajstić information content (AvgIpc) is 2.99. The Morgan fingerprint density at radius 2 is 1.57 bits per heavy atom. The molecule has 0 heterocycles. The third kappa shape index (κ3) is 12.8. The summed E-state index contributed by atoms with van der Waals surface area (Å²) in [7, 11) is 0. The highest BCUT2D eigenvalue weighted by molar-refractivity contribution is 5.93. The van der Waals surface area contributed by atoms with E-state index < -0.39 is 11.9 Å². The zero-order valence-electron chi connectivity index (χ0n) is 14.8. The molecule has 1 rings (SSSR count). The van der Waals surface area contributed by atoms with Crippen molar-refractivity contribution < 1.29 is 19.1 Å². The standard InChI is InChI=1S/C13H22O4.C5H11N/c1-4-6-8-16-12(14)10-11(3)13(15)17-9-7-5-2;6-5-3-1-2-4-5/h3-10H2,1-2H3;5H,1-4,6H2. The molecule has 0 aromatic rings. The quantitative estimate of drug-likeness (QED) is 0.398. The SMILES string of the molecule is C=C(CC(=O)OCCCC)C(=O)OCCCC.NC1CCCC1. The molecule has 0 saturated heterocycles. The van der Waals surface area contributed by atoms with Crippen LogP contribution in [0.25, 0.3) is 0 Å². The Morgan fingerprint density at radius 1 is 1.04 bits per heavy atom. The van der Waals surface area contributed by atoms with Gasteiger partial charge < -0.3 is 15.2 Å². The number of ether oxygens (including phenoxy) is 2. The Balaban J connectivity index is 0.000000664. The van der Waals surface area contributed by atoms with Gasteiger partial charge in [0.2, 0.25) is 0 Å². The van der Waals surface area contributed by atoms with Crippen molar-refractivity contribution in [3.63, 3.8) is 0 Å². The molecular formula is C18H33NO4. The summed E-state index contributed by atoms with van der Waals surface area (Å²) in [5.41, 5.74) is 5.69. The molecule has 0 amide bonds. The van der Waals surface area contributed by atoms with Gasteiger partial charge in [-0.3, -0.25) is 4.79 Å². The lowest BCUT2D eigenvalue weighted by molar-refractivity contribution is -0.146. The Kier molecular flexibility index (Phi) is 13.4. The first-order valence-electron chi connectivity index (χ1n) is 8.77. The van der Waals surface area contributed by atoms with Crippen LogP contribution >= 0.6 is 0 Å². The molecule has 0 aliphatic heterocycles. The Hall–Kier alpha value is -1.36. The van der Waals surface area contributed by atoms with E-state index in [-0.39, 0.29) is 12.0 Å². The van der Waals surface area contributed by atoms with Gasteiger partial charge in [-0.05, 0) is 25.7 Å². The van der Waals surface area contributed by atoms with E-state index in [1.807, 2.05) is 13.8 Å². The first-order chi connectivity index (χ1) is 11.0. The minimum atomic E-state index is -0.508. The van der Waals surface area contributed by atoms with Crippen molar-refractivity contribution in [2.24, 2.45) is 5.73 Å². The first-order valence-corrected chi connectivity index (χ1v) is 8.77. The zero-order chi connectivity index (χ0) is 17.5. The zero-order valence-corrected chi connectivity index (χ0v) is 14.8. The van der Waals surface area contributed by atoms with Crippen LogP contribution in [0.1, 0.15) is 71.6 Å². The van der Waals surface area contributed by atoms with Gasteiger partial charge in [0.05, 0.1) is 19.6 Å². The predicted octanol–water partition coefficient (Wildman–Crippen LogP) is 3.51. The predicted molar refractivity (Wildman–Crippen MR) is 91.9 cm³/mol. The maximum atomic E-state index is 11.4. The van der Waals surface area contributed by atoms with Gasteiger partial charge in [0, 0.05) is 11.6 Å². The van der Waals surface area contributed by atoms with E-state index in [1.54, 1.807) is 0 Å². The lowest BCUT2D eigenvalue weighted by atomic mass is 10.2. The maximum Gasteiger partial charge on any atom is 0.333 e. The third-order valence-electron chi connectivity index (χ3n) is 3.54. The van der Waals surface area contributed by atoms with Crippen LogP contribution in [-0.4, -0.2) is 31.2 Å². The summed E-state index contributed by atoms with van der Waals surface area (Å²) in [4.78, 5) is 22.6. The number of unbranched alkanes of at least 4 members (excludes halogenated alkanes) is 2. The van der Waals surface area contributed by atoms with E-state index in [1.165, 1.54) is 25.7 Å². The van der Waals surface area contributed by atoms with Crippen molar-refractivity contribution in [1.29, 1.82) is 0 Å². The summed E-state index contributed by atoms with van der Waals surface area (Å²) >= 11 is 0. The molecular weight excluding hydrogens is 294 g/mol. The maximum absolute atomic E-state index is 11.4. The summed E-state index contributed by atoms with van der Waals surface area (Å²) in [6, 6.07) is 0.546. The van der Waals surface area contributed by atoms with Crippen LogP contribution in [-0.2, 0) is 19.1 Å². The number of nitrogens with two attached hydrogens (primary N) is 1. The van der Waals surface area contributed by atoms with Gasteiger partial charge in [0.1, 0.15) is 0 Å². The number of hydrogen-bond donors (Lipinski definition) is 1. The van der Waals surface area contributed by atoms with Gasteiger partial charge in [-0.1, -0.05) is 46.1 Å². The molecule has 0 bridgehead atoms. The fourth-order valence-corrected chi connectivity index (χ4v) is 2.00. The lowest BCUT2D eigenvalue weighted by Gasteiger charge is -2.07. The molecule has 1 fully saturated rings. The highest BCUT2D eigenvalue weighted by Crippen LogP contribution is 2.14. The minimum Gasteiger partial charge on any atom is -0.465 e. The van der Waals surface area contributed by atoms with Crippen LogP contribution in [0, 0.1) is 0 Å². The average molecular weight is 327 g/mol. The number of esters is 2. The molecule has 0 atom stereocenters. The molecule has 0 aromatic heterocycles. The van der Waals surface area contributed by atoms with Crippen LogP contribution in [0.15, 0.2) is 12.2 Å². The van der Waals surface area contributed by atoms with E-state index in [4.69, 9.17) is 15.2 Å². The lowest BCUT2D eigenvalue weighted by Crippen LogP contribution is -2.13. The molecule has 5 heteroatoms. The summed E-state index contributed by atoms with van der Waals surface area (Å²) < 4.78 is 9.85. The fourth-order valence-electron chi connectivity index (χ4n) is 2.00. The molecule has 1 saturated carbocycles. The topological polar surface area (TPSA) is 78.6 Å². The van der Waals surface area contributed by atoms with Crippen molar-refractivity contribution in [2.45, 2.75) is 77.7 Å². The normalized spacial score (nSPS) is 13.9. The molecule has 0 aromatic carbocycles. The van der Waals surface area contributed by atoms with Crippen molar-refractivity contribution in [3.8, 4) is 0 Å². The first kappa shape index (κ1) is 21.6. The van der Waals surface area contributed by atoms with Gasteiger partial charge in [0.15, 0.2) is 0 Å². The highest BCUT2D eigenvalue weighted by Gasteiger charge is 2.13. The second kappa shape index (κ2) is 14.2. The molecule has 0 spiro atoms. The third-order valence-corrected chi connectivity index (χ3v) is 3.54. The van der Waals surface area contributed by atoms with Crippen molar-refractivity contribution in [2.75, 3.05) is 13.2 Å².